The molecule has 25 heavy (non-hydrogen) atoms. The zero-order valence-electron chi connectivity index (χ0n) is 15.8. The van der Waals surface area contributed by atoms with Gasteiger partial charge in [0.1, 0.15) is 16.5 Å². The second kappa shape index (κ2) is 27.8. The van der Waals surface area contributed by atoms with Crippen LogP contribution in [0.1, 0.15) is 96.8 Å². The number of rotatable bonds is 16. The summed E-state index contributed by atoms with van der Waals surface area (Å²) < 4.78 is 21.8. The van der Waals surface area contributed by atoms with Crippen LogP contribution in [-0.4, -0.2) is 49.5 Å². The Balaban J connectivity index is -0.000000513. The Morgan fingerprint density at radius 1 is 0.680 bits per heavy atom. The maximum absolute atomic E-state index is 9.29. The van der Waals surface area contributed by atoms with Crippen molar-refractivity contribution in [1.29, 1.82) is 0 Å². The van der Waals surface area contributed by atoms with E-state index in [0.29, 0.717) is 6.61 Å². The van der Waals surface area contributed by atoms with Crippen LogP contribution in [0, 0.1) is 0 Å². The van der Waals surface area contributed by atoms with Crippen LogP contribution in [0.25, 0.3) is 0 Å². The quantitative estimate of drug-likeness (QED) is 0.229. The molecule has 0 bridgehead atoms. The molecule has 1 N–H and O–H groups in total. The molecule has 0 spiro atoms. The summed E-state index contributed by atoms with van der Waals surface area (Å²) in [6.07, 6.45) is 19.2. The first-order valence-corrected chi connectivity index (χ1v) is 11.7. The molecule has 0 amide bonds. The summed E-state index contributed by atoms with van der Waals surface area (Å²) >= 11 is 0. The molecule has 2 atom stereocenters. The maximum atomic E-state index is 9.29. The first-order valence-electron chi connectivity index (χ1n) is 9.25. The SMILES string of the molecule is CCCCCCCCCCCCCCCCO.O=[PH]([O-])O[PH](=O)[O-].[Ca+2]. The van der Waals surface area contributed by atoms with Crippen molar-refractivity contribution < 1.29 is 28.3 Å². The molecule has 0 aliphatic carbocycles. The van der Waals surface area contributed by atoms with Gasteiger partial charge in [0.25, 0.3) is 0 Å². The first kappa shape index (κ1) is 31.3. The van der Waals surface area contributed by atoms with Gasteiger partial charge in [-0.15, -0.1) is 0 Å². The Hall–Kier alpha value is 1.56. The summed E-state index contributed by atoms with van der Waals surface area (Å²) in [7, 11) is -7.03. The molecule has 0 fully saturated rings. The fraction of sp³-hybridized carbons (Fsp3) is 1.00. The molecule has 0 aromatic rings. The summed E-state index contributed by atoms with van der Waals surface area (Å²) in [4.78, 5) is 18.6. The van der Waals surface area contributed by atoms with Crippen molar-refractivity contribution in [2.45, 2.75) is 96.8 Å². The van der Waals surface area contributed by atoms with Crippen molar-refractivity contribution in [3.63, 3.8) is 0 Å². The Kier molecular flexibility index (Phi) is 34.7. The fourth-order valence-electron chi connectivity index (χ4n) is 2.37. The third-order valence-electron chi connectivity index (χ3n) is 3.68. The van der Waals surface area contributed by atoms with Crippen LogP contribution in [0.5, 0.6) is 0 Å². The van der Waals surface area contributed by atoms with Crippen LogP contribution >= 0.6 is 16.5 Å². The van der Waals surface area contributed by atoms with Crippen molar-refractivity contribution >= 4 is 54.2 Å². The number of hydrogen-bond acceptors (Lipinski definition) is 6. The van der Waals surface area contributed by atoms with E-state index >= 15 is 0 Å². The summed E-state index contributed by atoms with van der Waals surface area (Å²) in [5.41, 5.74) is 0. The third-order valence-corrected chi connectivity index (χ3v) is 5.01. The van der Waals surface area contributed by atoms with Gasteiger partial charge in [-0.3, -0.25) is 4.31 Å². The minimum absolute atomic E-state index is 0. The predicted molar refractivity (Wildman–Crippen MR) is 102 cm³/mol. The van der Waals surface area contributed by atoms with Gasteiger partial charge in [0, 0.05) is 6.61 Å². The smallest absolute Gasteiger partial charge is 0.781 e. The summed E-state index contributed by atoms with van der Waals surface area (Å²) in [6.45, 7) is 2.65. The van der Waals surface area contributed by atoms with Crippen molar-refractivity contribution in [3.05, 3.63) is 0 Å². The summed E-state index contributed by atoms with van der Waals surface area (Å²) in [6, 6.07) is 0. The molecule has 0 saturated carbocycles. The second-order valence-corrected chi connectivity index (χ2v) is 7.74. The first-order chi connectivity index (χ1) is 11.5. The molecule has 0 aliphatic heterocycles. The van der Waals surface area contributed by atoms with E-state index in [1.165, 1.54) is 83.5 Å². The third kappa shape index (κ3) is 37.1. The molecule has 0 aliphatic rings. The molecule has 0 saturated heterocycles. The average Bonchev–Trinajstić information content (AvgIpc) is 2.51. The van der Waals surface area contributed by atoms with E-state index in [0.717, 1.165) is 6.42 Å². The monoisotopic (exact) mass is 426 g/mol. The molecular weight excluding hydrogens is 390 g/mol. The molecule has 148 valence electrons. The fourth-order valence-corrected chi connectivity index (χ4v) is 2.92. The minimum atomic E-state index is -3.51. The van der Waals surface area contributed by atoms with Gasteiger partial charge in [-0.05, 0) is 6.42 Å². The van der Waals surface area contributed by atoms with Crippen LogP contribution in [-0.2, 0) is 13.4 Å². The standard InChI is InChI=1S/C16H34O.Ca.H4O5P2/c1-2-3-4-5-6-7-8-9-10-11-12-13-14-15-16-17;;1-6(2)5-7(3)4/h17H,2-16H2,1H3;;6-7H,(H,1,2)(H,3,4)/q;+2;/p-2. The van der Waals surface area contributed by atoms with E-state index in [1.54, 1.807) is 0 Å². The molecule has 0 rings (SSSR count). The maximum Gasteiger partial charge on any atom is 2.00 e. The Bertz CT molecular complexity index is 270. The van der Waals surface area contributed by atoms with E-state index in [9.17, 15) is 18.9 Å². The van der Waals surface area contributed by atoms with Gasteiger partial charge in [-0.1, -0.05) is 90.4 Å². The van der Waals surface area contributed by atoms with Crippen LogP contribution in [0.2, 0.25) is 0 Å². The minimum Gasteiger partial charge on any atom is -0.781 e. The number of hydrogen-bond donors (Lipinski definition) is 1. The Labute approximate surface area is 185 Å². The van der Waals surface area contributed by atoms with Gasteiger partial charge in [0.2, 0.25) is 0 Å². The predicted octanol–water partition coefficient (Wildman–Crippen LogP) is 3.58. The van der Waals surface area contributed by atoms with Crippen LogP contribution < -0.4 is 9.79 Å². The van der Waals surface area contributed by atoms with E-state index in [4.69, 9.17) is 5.11 Å². The van der Waals surface area contributed by atoms with Crippen LogP contribution in [0.3, 0.4) is 0 Å². The van der Waals surface area contributed by atoms with E-state index in [2.05, 4.69) is 11.2 Å². The van der Waals surface area contributed by atoms with E-state index < -0.39 is 16.5 Å². The van der Waals surface area contributed by atoms with Gasteiger partial charge in [0.05, 0.1) is 0 Å². The van der Waals surface area contributed by atoms with Gasteiger partial charge in [-0.25, -0.2) is 0 Å². The topological polar surface area (TPSA) is 110 Å². The Morgan fingerprint density at radius 2 is 0.960 bits per heavy atom. The summed E-state index contributed by atoms with van der Waals surface area (Å²) in [5.74, 6) is 0. The van der Waals surface area contributed by atoms with Crippen molar-refractivity contribution in [1.82, 2.24) is 0 Å². The molecule has 0 radical (unpaired) electrons. The van der Waals surface area contributed by atoms with Crippen molar-refractivity contribution in [2.24, 2.45) is 0 Å². The zero-order chi connectivity index (χ0) is 18.5. The number of unbranched alkanes of at least 4 members (excludes halogenated alkanes) is 13. The molecule has 0 aromatic heterocycles. The van der Waals surface area contributed by atoms with Crippen LogP contribution in [0.4, 0.5) is 0 Å². The molecule has 2 unspecified atom stereocenters. The van der Waals surface area contributed by atoms with Crippen LogP contribution in [0.15, 0.2) is 0 Å². The van der Waals surface area contributed by atoms with Crippen molar-refractivity contribution in [3.8, 4) is 0 Å². The van der Waals surface area contributed by atoms with Crippen molar-refractivity contribution in [2.75, 3.05) is 6.61 Å². The molecule has 0 heterocycles. The largest absolute Gasteiger partial charge is 2.00 e. The molecule has 9 heteroatoms. The molecular formula is C16H36CaO6P2. The van der Waals surface area contributed by atoms with E-state index in [-0.39, 0.29) is 37.7 Å². The van der Waals surface area contributed by atoms with Gasteiger partial charge >= 0.3 is 37.7 Å². The Morgan fingerprint density at radius 3 is 1.16 bits per heavy atom. The van der Waals surface area contributed by atoms with Gasteiger partial charge < -0.3 is 24.0 Å². The number of aliphatic hydroxyl groups excluding tert-OH is 1. The van der Waals surface area contributed by atoms with Gasteiger partial charge in [0.15, 0.2) is 0 Å². The number of aliphatic hydroxyl groups is 1. The van der Waals surface area contributed by atoms with Gasteiger partial charge in [-0.2, -0.15) is 0 Å². The zero-order valence-corrected chi connectivity index (χ0v) is 20.0. The molecule has 0 aromatic carbocycles. The second-order valence-electron chi connectivity index (χ2n) is 5.92. The summed E-state index contributed by atoms with van der Waals surface area (Å²) in [5, 5.41) is 8.64. The van der Waals surface area contributed by atoms with E-state index in [1.807, 2.05) is 0 Å². The average molecular weight is 426 g/mol. The normalized spacial score (nSPS) is 12.6. The molecule has 6 nitrogen and oxygen atoms in total.